The van der Waals surface area contributed by atoms with Crippen molar-refractivity contribution in [2.24, 2.45) is 0 Å². The quantitative estimate of drug-likeness (QED) is 0.709. The molecule has 3 fully saturated rings. The van der Waals surface area contributed by atoms with Crippen LogP contribution in [0.15, 0.2) is 0 Å². The monoisotopic (exact) mass is 252 g/mol. The van der Waals surface area contributed by atoms with E-state index < -0.39 is 0 Å². The highest BCUT2D eigenvalue weighted by Gasteiger charge is 2.35. The van der Waals surface area contributed by atoms with E-state index in [4.69, 9.17) is 4.74 Å². The molecule has 0 bridgehead atoms. The average Bonchev–Trinajstić information content (AvgIpc) is 3.24. The fourth-order valence-corrected chi connectivity index (χ4v) is 3.25. The first-order valence-electron chi connectivity index (χ1n) is 7.49. The number of epoxide rings is 1. The third-order valence-corrected chi connectivity index (χ3v) is 4.41. The van der Waals surface area contributed by atoms with Gasteiger partial charge < -0.3 is 9.64 Å². The second kappa shape index (κ2) is 5.57. The number of nitrogens with zero attached hydrogens (tertiary/aromatic N) is 2. The molecule has 102 valence electrons. The van der Waals surface area contributed by atoms with Gasteiger partial charge in [-0.15, -0.1) is 0 Å². The third kappa shape index (κ3) is 2.86. The van der Waals surface area contributed by atoms with Crippen molar-refractivity contribution in [3.63, 3.8) is 0 Å². The summed E-state index contributed by atoms with van der Waals surface area (Å²) in [6.45, 7) is 4.88. The first kappa shape index (κ1) is 12.4. The minimum absolute atomic E-state index is 0.140. The molecule has 0 aliphatic carbocycles. The molecule has 1 amide bonds. The molecule has 4 nitrogen and oxygen atoms in total. The summed E-state index contributed by atoms with van der Waals surface area (Å²) in [6, 6.07) is 0.140. The van der Waals surface area contributed by atoms with Crippen LogP contribution in [0.4, 0.5) is 0 Å². The topological polar surface area (TPSA) is 36.1 Å². The predicted octanol–water partition coefficient (Wildman–Crippen LogP) is 1.25. The number of likely N-dealkylation sites (tertiary alicyclic amines) is 2. The lowest BCUT2D eigenvalue weighted by molar-refractivity contribution is -0.139. The van der Waals surface area contributed by atoms with Crippen molar-refractivity contribution in [3.05, 3.63) is 0 Å². The average molecular weight is 252 g/mol. The summed E-state index contributed by atoms with van der Waals surface area (Å²) in [5.74, 6) is 0.384. The summed E-state index contributed by atoms with van der Waals surface area (Å²) in [6.07, 6.45) is 7.53. The largest absolute Gasteiger partial charge is 0.372 e. The summed E-state index contributed by atoms with van der Waals surface area (Å²) in [5, 5.41) is 0. The fraction of sp³-hybridized carbons (Fsp3) is 0.929. The minimum Gasteiger partial charge on any atom is -0.372 e. The van der Waals surface area contributed by atoms with Gasteiger partial charge in [-0.25, -0.2) is 0 Å². The van der Waals surface area contributed by atoms with E-state index in [-0.39, 0.29) is 6.04 Å². The first-order valence-corrected chi connectivity index (χ1v) is 7.49. The van der Waals surface area contributed by atoms with Crippen molar-refractivity contribution >= 4 is 5.91 Å². The molecule has 4 heteroatoms. The van der Waals surface area contributed by atoms with Crippen LogP contribution >= 0.6 is 0 Å². The van der Waals surface area contributed by atoms with Crippen LogP contribution in [-0.4, -0.2) is 60.6 Å². The van der Waals surface area contributed by atoms with Gasteiger partial charge >= 0.3 is 0 Å². The maximum atomic E-state index is 12.6. The Balaban J connectivity index is 1.60. The van der Waals surface area contributed by atoms with Gasteiger partial charge in [0.05, 0.1) is 18.8 Å². The van der Waals surface area contributed by atoms with Crippen LogP contribution < -0.4 is 0 Å². The molecule has 2 atom stereocenters. The standard InChI is InChI=1S/C14H24N2O2/c17-14(15-7-3-1-4-8-15)13-6-2-5-9-16(13)10-12-11-18-12/h12-13H,1-11H2. The molecule has 0 radical (unpaired) electrons. The summed E-state index contributed by atoms with van der Waals surface area (Å²) < 4.78 is 5.32. The fourth-order valence-electron chi connectivity index (χ4n) is 3.25. The third-order valence-electron chi connectivity index (χ3n) is 4.41. The van der Waals surface area contributed by atoms with Gasteiger partial charge in [-0.3, -0.25) is 9.69 Å². The highest BCUT2D eigenvalue weighted by Crippen LogP contribution is 2.23. The van der Waals surface area contributed by atoms with Crippen LogP contribution in [0.5, 0.6) is 0 Å². The molecule has 3 aliphatic rings. The molecule has 0 N–H and O–H groups in total. The van der Waals surface area contributed by atoms with Crippen molar-refractivity contribution in [1.29, 1.82) is 0 Å². The van der Waals surface area contributed by atoms with Gasteiger partial charge in [0.25, 0.3) is 0 Å². The highest BCUT2D eigenvalue weighted by atomic mass is 16.6. The maximum Gasteiger partial charge on any atom is 0.239 e. The molecule has 3 heterocycles. The molecule has 0 aromatic heterocycles. The lowest BCUT2D eigenvalue weighted by atomic mass is 9.99. The highest BCUT2D eigenvalue weighted by molar-refractivity contribution is 5.82. The second-order valence-corrected chi connectivity index (χ2v) is 5.85. The van der Waals surface area contributed by atoms with Crippen molar-refractivity contribution in [2.75, 3.05) is 32.8 Å². The first-order chi connectivity index (χ1) is 8.84. The number of carbonyl (C=O) groups is 1. The Morgan fingerprint density at radius 3 is 2.50 bits per heavy atom. The molecule has 18 heavy (non-hydrogen) atoms. The number of ether oxygens (including phenoxy) is 1. The van der Waals surface area contributed by atoms with Crippen LogP contribution in [0.1, 0.15) is 38.5 Å². The Labute approximate surface area is 109 Å². The van der Waals surface area contributed by atoms with Crippen molar-refractivity contribution in [1.82, 2.24) is 9.80 Å². The van der Waals surface area contributed by atoms with Crippen molar-refractivity contribution in [2.45, 2.75) is 50.7 Å². The molecule has 3 rings (SSSR count). The van der Waals surface area contributed by atoms with E-state index in [1.165, 1.54) is 32.1 Å². The zero-order valence-electron chi connectivity index (χ0n) is 11.1. The van der Waals surface area contributed by atoms with Gasteiger partial charge in [0.1, 0.15) is 0 Å². The van der Waals surface area contributed by atoms with E-state index >= 15 is 0 Å². The lowest BCUT2D eigenvalue weighted by Crippen LogP contribution is -2.52. The SMILES string of the molecule is O=C(C1CCCCN1CC1CO1)N1CCCCC1. The summed E-state index contributed by atoms with van der Waals surface area (Å²) in [4.78, 5) is 17.1. The Kier molecular flexibility index (Phi) is 3.85. The summed E-state index contributed by atoms with van der Waals surface area (Å²) in [5.41, 5.74) is 0. The van der Waals surface area contributed by atoms with E-state index in [1.807, 2.05) is 0 Å². The molecular weight excluding hydrogens is 228 g/mol. The molecule has 0 aromatic carbocycles. The van der Waals surface area contributed by atoms with Gasteiger partial charge in [-0.2, -0.15) is 0 Å². The zero-order chi connectivity index (χ0) is 12.4. The van der Waals surface area contributed by atoms with Crippen molar-refractivity contribution in [3.8, 4) is 0 Å². The number of rotatable bonds is 3. The van der Waals surface area contributed by atoms with Crippen LogP contribution in [0.3, 0.4) is 0 Å². The minimum atomic E-state index is 0.140. The number of piperidine rings is 2. The van der Waals surface area contributed by atoms with Gasteiger partial charge in [0.15, 0.2) is 0 Å². The zero-order valence-corrected chi connectivity index (χ0v) is 11.1. The van der Waals surface area contributed by atoms with Crippen LogP contribution in [-0.2, 0) is 9.53 Å². The second-order valence-electron chi connectivity index (χ2n) is 5.85. The van der Waals surface area contributed by atoms with E-state index in [0.29, 0.717) is 12.0 Å². The Hall–Kier alpha value is -0.610. The van der Waals surface area contributed by atoms with E-state index in [0.717, 1.165) is 39.2 Å². The molecule has 0 aromatic rings. The van der Waals surface area contributed by atoms with Crippen molar-refractivity contribution < 1.29 is 9.53 Å². The molecule has 3 saturated heterocycles. The lowest BCUT2D eigenvalue weighted by Gasteiger charge is -2.38. The molecule has 2 unspecified atom stereocenters. The number of hydrogen-bond donors (Lipinski definition) is 0. The number of carbonyl (C=O) groups excluding carboxylic acids is 1. The molecule has 3 aliphatic heterocycles. The van der Waals surface area contributed by atoms with E-state index in [2.05, 4.69) is 9.80 Å². The molecule has 0 saturated carbocycles. The Morgan fingerprint density at radius 2 is 1.78 bits per heavy atom. The Bertz CT molecular complexity index is 298. The van der Waals surface area contributed by atoms with Gasteiger partial charge in [-0.05, 0) is 38.6 Å². The van der Waals surface area contributed by atoms with E-state index in [1.54, 1.807) is 0 Å². The van der Waals surface area contributed by atoms with Crippen LogP contribution in [0.25, 0.3) is 0 Å². The van der Waals surface area contributed by atoms with E-state index in [9.17, 15) is 4.79 Å². The molecular formula is C14H24N2O2. The molecule has 0 spiro atoms. The van der Waals surface area contributed by atoms with Gasteiger partial charge in [0.2, 0.25) is 5.91 Å². The van der Waals surface area contributed by atoms with Gasteiger partial charge in [-0.1, -0.05) is 6.42 Å². The van der Waals surface area contributed by atoms with Gasteiger partial charge in [0, 0.05) is 19.6 Å². The smallest absolute Gasteiger partial charge is 0.239 e. The predicted molar refractivity (Wildman–Crippen MR) is 69.4 cm³/mol. The number of hydrogen-bond acceptors (Lipinski definition) is 3. The van der Waals surface area contributed by atoms with Crippen LogP contribution in [0.2, 0.25) is 0 Å². The summed E-state index contributed by atoms with van der Waals surface area (Å²) >= 11 is 0. The number of amides is 1. The maximum absolute atomic E-state index is 12.6. The van der Waals surface area contributed by atoms with Crippen LogP contribution in [0, 0.1) is 0 Å². The normalized spacial score (nSPS) is 33.4. The Morgan fingerprint density at radius 1 is 1.06 bits per heavy atom. The summed E-state index contributed by atoms with van der Waals surface area (Å²) in [7, 11) is 0.